The fourth-order valence-corrected chi connectivity index (χ4v) is 1.40. The number of carbonyl (C=O) groups excluding carboxylic acids is 1. The van der Waals surface area contributed by atoms with Crippen LogP contribution in [0.2, 0.25) is 0 Å². The third kappa shape index (κ3) is 1.93. The molecule has 0 spiro atoms. The second-order valence-electron chi connectivity index (χ2n) is 3.47. The highest BCUT2D eigenvalue weighted by atomic mass is 16.1. The molecule has 2 aromatic rings. The van der Waals surface area contributed by atoms with Crippen LogP contribution in [-0.4, -0.2) is 20.4 Å². The Kier molecular flexibility index (Phi) is 2.68. The number of nitrogens with zero attached hydrogens (tertiary/aromatic N) is 3. The summed E-state index contributed by atoms with van der Waals surface area (Å²) in [5.74, 6) is -0.107. The fourth-order valence-electron chi connectivity index (χ4n) is 1.40. The summed E-state index contributed by atoms with van der Waals surface area (Å²) >= 11 is 0. The first-order valence-electron chi connectivity index (χ1n) is 4.90. The largest absolute Gasteiger partial charge is 0.331 e. The van der Waals surface area contributed by atoms with Gasteiger partial charge in [-0.15, -0.1) is 0 Å². The number of hydrogen-bond donors (Lipinski definition) is 1. The fraction of sp³-hybridized carbons (Fsp3) is 0.182. The maximum absolute atomic E-state index is 10.7. The van der Waals surface area contributed by atoms with Crippen LogP contribution in [0.1, 0.15) is 12.5 Å². The van der Waals surface area contributed by atoms with Crippen LogP contribution in [0.3, 0.4) is 0 Å². The van der Waals surface area contributed by atoms with Gasteiger partial charge in [-0.2, -0.15) is 0 Å². The van der Waals surface area contributed by atoms with Crippen molar-refractivity contribution in [2.45, 2.75) is 13.8 Å². The topological polar surface area (TPSA) is 59.8 Å². The van der Waals surface area contributed by atoms with Crippen molar-refractivity contribution in [2.24, 2.45) is 0 Å². The summed E-state index contributed by atoms with van der Waals surface area (Å²) in [6.45, 7) is 3.44. The minimum absolute atomic E-state index is 0.107. The summed E-state index contributed by atoms with van der Waals surface area (Å²) in [4.78, 5) is 19.2. The van der Waals surface area contributed by atoms with Gasteiger partial charge in [0.15, 0.2) is 5.65 Å². The van der Waals surface area contributed by atoms with E-state index in [1.165, 1.54) is 6.92 Å². The normalized spacial score (nSPS) is 11.1. The number of nitrogens with one attached hydrogen (secondary N) is 1. The van der Waals surface area contributed by atoms with Crippen molar-refractivity contribution in [3.05, 3.63) is 30.4 Å². The zero-order chi connectivity index (χ0) is 11.5. The first-order chi connectivity index (χ1) is 7.68. The molecule has 5 nitrogen and oxygen atoms in total. The summed E-state index contributed by atoms with van der Waals surface area (Å²) in [5, 5.41) is 2.57. The van der Waals surface area contributed by atoms with E-state index in [0.717, 1.165) is 16.7 Å². The molecule has 82 valence electrons. The highest BCUT2D eigenvalue weighted by Gasteiger charge is 2.03. The standard InChI is InChI=1S/C11H12N4O/c1-8-3-4-13-11-10(8)14-7-15(11)6-5-12-9(2)16/h3-7H,1-2H3,(H,12,16)/b6-5-. The van der Waals surface area contributed by atoms with E-state index < -0.39 is 0 Å². The molecule has 2 aromatic heterocycles. The first-order valence-corrected chi connectivity index (χ1v) is 4.90. The SMILES string of the molecule is CC(=O)N/C=C\n1cnc2c(C)ccnc21. The van der Waals surface area contributed by atoms with Crippen LogP contribution in [0.25, 0.3) is 17.4 Å². The van der Waals surface area contributed by atoms with Gasteiger partial charge in [-0.05, 0) is 18.6 Å². The van der Waals surface area contributed by atoms with Gasteiger partial charge in [0.2, 0.25) is 5.91 Å². The molecule has 0 aliphatic heterocycles. The van der Waals surface area contributed by atoms with Crippen molar-refractivity contribution in [1.29, 1.82) is 0 Å². The average molecular weight is 216 g/mol. The number of imidazole rings is 1. The van der Waals surface area contributed by atoms with Crippen molar-refractivity contribution < 1.29 is 4.79 Å². The van der Waals surface area contributed by atoms with E-state index >= 15 is 0 Å². The van der Waals surface area contributed by atoms with E-state index in [1.54, 1.807) is 29.5 Å². The van der Waals surface area contributed by atoms with E-state index in [1.807, 2.05) is 13.0 Å². The lowest BCUT2D eigenvalue weighted by Crippen LogP contribution is -2.11. The van der Waals surface area contributed by atoms with Gasteiger partial charge < -0.3 is 5.32 Å². The molecular weight excluding hydrogens is 204 g/mol. The van der Waals surface area contributed by atoms with Crippen LogP contribution in [0, 0.1) is 6.92 Å². The minimum Gasteiger partial charge on any atom is -0.331 e. The van der Waals surface area contributed by atoms with E-state index in [9.17, 15) is 4.79 Å². The van der Waals surface area contributed by atoms with Crippen molar-refractivity contribution >= 4 is 23.3 Å². The average Bonchev–Trinajstić information content (AvgIpc) is 2.63. The zero-order valence-electron chi connectivity index (χ0n) is 9.14. The molecule has 16 heavy (non-hydrogen) atoms. The Morgan fingerprint density at radius 3 is 3.06 bits per heavy atom. The quantitative estimate of drug-likeness (QED) is 0.823. The van der Waals surface area contributed by atoms with Gasteiger partial charge in [0.05, 0.1) is 0 Å². The molecule has 0 saturated heterocycles. The van der Waals surface area contributed by atoms with Crippen LogP contribution >= 0.6 is 0 Å². The molecule has 2 rings (SSSR count). The zero-order valence-corrected chi connectivity index (χ0v) is 9.14. The molecule has 0 fully saturated rings. The maximum Gasteiger partial charge on any atom is 0.220 e. The molecule has 0 saturated carbocycles. The summed E-state index contributed by atoms with van der Waals surface area (Å²) in [7, 11) is 0. The first kappa shape index (κ1) is 10.4. The molecule has 0 aliphatic rings. The number of rotatable bonds is 2. The summed E-state index contributed by atoms with van der Waals surface area (Å²) < 4.78 is 1.76. The van der Waals surface area contributed by atoms with Crippen molar-refractivity contribution in [1.82, 2.24) is 19.9 Å². The van der Waals surface area contributed by atoms with Crippen molar-refractivity contribution in [3.63, 3.8) is 0 Å². The molecule has 2 heterocycles. The lowest BCUT2D eigenvalue weighted by Gasteiger charge is -1.97. The second-order valence-corrected chi connectivity index (χ2v) is 3.47. The molecule has 1 amide bonds. The molecule has 0 radical (unpaired) electrons. The van der Waals surface area contributed by atoms with E-state index in [-0.39, 0.29) is 5.91 Å². The number of aryl methyl sites for hydroxylation is 1. The van der Waals surface area contributed by atoms with E-state index in [0.29, 0.717) is 0 Å². The third-order valence-electron chi connectivity index (χ3n) is 2.18. The van der Waals surface area contributed by atoms with Crippen LogP contribution in [0.5, 0.6) is 0 Å². The Morgan fingerprint density at radius 1 is 1.50 bits per heavy atom. The van der Waals surface area contributed by atoms with Gasteiger partial charge in [0, 0.05) is 25.5 Å². The Bertz CT molecular complexity index is 556. The number of aromatic nitrogens is 3. The van der Waals surface area contributed by atoms with Gasteiger partial charge in [-0.1, -0.05) is 0 Å². The summed E-state index contributed by atoms with van der Waals surface area (Å²) in [5.41, 5.74) is 2.73. The molecule has 5 heteroatoms. The monoisotopic (exact) mass is 216 g/mol. The highest BCUT2D eigenvalue weighted by Crippen LogP contribution is 2.13. The van der Waals surface area contributed by atoms with Crippen LogP contribution < -0.4 is 5.32 Å². The Hall–Kier alpha value is -2.17. The van der Waals surface area contributed by atoms with Crippen LogP contribution in [0.4, 0.5) is 0 Å². The maximum atomic E-state index is 10.7. The van der Waals surface area contributed by atoms with E-state index in [2.05, 4.69) is 15.3 Å². The van der Waals surface area contributed by atoms with Gasteiger partial charge in [0.25, 0.3) is 0 Å². The van der Waals surface area contributed by atoms with Crippen LogP contribution in [-0.2, 0) is 4.79 Å². The van der Waals surface area contributed by atoms with Gasteiger partial charge in [0.1, 0.15) is 11.8 Å². The molecule has 0 atom stereocenters. The van der Waals surface area contributed by atoms with Crippen molar-refractivity contribution in [3.8, 4) is 0 Å². The molecule has 0 aliphatic carbocycles. The predicted octanol–water partition coefficient (Wildman–Crippen LogP) is 1.30. The third-order valence-corrected chi connectivity index (χ3v) is 2.18. The Morgan fingerprint density at radius 2 is 2.31 bits per heavy atom. The molecule has 0 unspecified atom stereocenters. The number of pyridine rings is 1. The van der Waals surface area contributed by atoms with E-state index in [4.69, 9.17) is 0 Å². The molecule has 1 N–H and O–H groups in total. The van der Waals surface area contributed by atoms with Gasteiger partial charge in [-0.3, -0.25) is 9.36 Å². The second kappa shape index (κ2) is 4.14. The van der Waals surface area contributed by atoms with Gasteiger partial charge in [-0.25, -0.2) is 9.97 Å². The number of amides is 1. The molecule has 0 aromatic carbocycles. The van der Waals surface area contributed by atoms with Crippen molar-refractivity contribution in [2.75, 3.05) is 0 Å². The lowest BCUT2D eigenvalue weighted by molar-refractivity contribution is -0.118. The highest BCUT2D eigenvalue weighted by molar-refractivity contribution is 5.77. The summed E-state index contributed by atoms with van der Waals surface area (Å²) in [6, 6.07) is 1.91. The van der Waals surface area contributed by atoms with Crippen LogP contribution in [0.15, 0.2) is 24.8 Å². The Labute approximate surface area is 92.8 Å². The summed E-state index contributed by atoms with van der Waals surface area (Å²) in [6.07, 6.45) is 6.68. The van der Waals surface area contributed by atoms with Gasteiger partial charge >= 0.3 is 0 Å². The molecular formula is C11H12N4O. The molecule has 0 bridgehead atoms. The minimum atomic E-state index is -0.107. The number of fused-ring (bicyclic) bond motifs is 1. The smallest absolute Gasteiger partial charge is 0.220 e. The predicted molar refractivity (Wildman–Crippen MR) is 61.4 cm³/mol. The Balaban J connectivity index is 2.35. The number of hydrogen-bond acceptors (Lipinski definition) is 3. The lowest BCUT2D eigenvalue weighted by atomic mass is 10.3. The number of carbonyl (C=O) groups is 1.